The number of ether oxygens (including phenoxy) is 1. The minimum Gasteiger partial charge on any atom is -0.379 e. The van der Waals surface area contributed by atoms with Gasteiger partial charge in [0.05, 0.1) is 25.1 Å². The van der Waals surface area contributed by atoms with Crippen LogP contribution in [0.15, 0.2) is 48.8 Å². The standard InChI is InChI=1S/C17H19N3O2/c21-17(19-16-2-1-7-18-12-16)15-5-3-14(4-6-15)13-20-8-10-22-11-9-20/h1-7,12H,8-11,13H2,(H,19,21). The van der Waals surface area contributed by atoms with Crippen molar-refractivity contribution in [2.24, 2.45) is 0 Å². The monoisotopic (exact) mass is 297 g/mol. The van der Waals surface area contributed by atoms with Gasteiger partial charge in [-0.3, -0.25) is 14.7 Å². The predicted molar refractivity (Wildman–Crippen MR) is 84.7 cm³/mol. The minimum absolute atomic E-state index is 0.120. The summed E-state index contributed by atoms with van der Waals surface area (Å²) >= 11 is 0. The number of hydrogen-bond donors (Lipinski definition) is 1. The SMILES string of the molecule is O=C(Nc1cccnc1)c1ccc(CN2CCOCC2)cc1. The van der Waals surface area contributed by atoms with Crippen LogP contribution in [0.5, 0.6) is 0 Å². The fourth-order valence-corrected chi connectivity index (χ4v) is 2.42. The molecule has 5 heteroatoms. The average Bonchev–Trinajstić information content (AvgIpc) is 2.57. The highest BCUT2D eigenvalue weighted by Crippen LogP contribution is 2.11. The normalized spacial score (nSPS) is 15.5. The molecular weight excluding hydrogens is 278 g/mol. The molecule has 2 heterocycles. The molecule has 1 N–H and O–H groups in total. The molecule has 3 rings (SSSR count). The van der Waals surface area contributed by atoms with Gasteiger partial charge in [0.15, 0.2) is 0 Å². The Morgan fingerprint density at radius 3 is 2.64 bits per heavy atom. The van der Waals surface area contributed by atoms with Gasteiger partial charge >= 0.3 is 0 Å². The second kappa shape index (κ2) is 7.15. The highest BCUT2D eigenvalue weighted by molar-refractivity contribution is 6.04. The van der Waals surface area contributed by atoms with E-state index in [1.807, 2.05) is 30.3 Å². The maximum Gasteiger partial charge on any atom is 0.255 e. The first kappa shape index (κ1) is 14.7. The number of nitrogens with one attached hydrogen (secondary N) is 1. The van der Waals surface area contributed by atoms with Gasteiger partial charge in [-0.1, -0.05) is 12.1 Å². The van der Waals surface area contributed by atoms with Crippen LogP contribution in [0.25, 0.3) is 0 Å². The quantitative estimate of drug-likeness (QED) is 0.939. The van der Waals surface area contributed by atoms with Crippen LogP contribution in [0.3, 0.4) is 0 Å². The van der Waals surface area contributed by atoms with Gasteiger partial charge in [-0.15, -0.1) is 0 Å². The van der Waals surface area contributed by atoms with E-state index in [1.54, 1.807) is 18.5 Å². The van der Waals surface area contributed by atoms with Crippen LogP contribution >= 0.6 is 0 Å². The summed E-state index contributed by atoms with van der Waals surface area (Å²) in [5.74, 6) is -0.120. The number of amides is 1. The molecule has 22 heavy (non-hydrogen) atoms. The molecule has 0 bridgehead atoms. The fraction of sp³-hybridized carbons (Fsp3) is 0.294. The number of anilines is 1. The third-order valence-corrected chi connectivity index (χ3v) is 3.65. The van der Waals surface area contributed by atoms with Gasteiger partial charge in [-0.25, -0.2) is 0 Å². The van der Waals surface area contributed by atoms with Crippen LogP contribution in [0, 0.1) is 0 Å². The van der Waals surface area contributed by atoms with Gasteiger partial charge < -0.3 is 10.1 Å². The number of morpholine rings is 1. The van der Waals surface area contributed by atoms with Gasteiger partial charge in [0.25, 0.3) is 5.91 Å². The molecule has 1 aromatic carbocycles. The van der Waals surface area contributed by atoms with Crippen LogP contribution < -0.4 is 5.32 Å². The van der Waals surface area contributed by atoms with Crippen LogP contribution in [-0.2, 0) is 11.3 Å². The lowest BCUT2D eigenvalue weighted by Gasteiger charge is -2.26. The molecule has 114 valence electrons. The number of rotatable bonds is 4. The molecule has 1 amide bonds. The summed E-state index contributed by atoms with van der Waals surface area (Å²) in [5.41, 5.74) is 2.55. The molecule has 0 radical (unpaired) electrons. The van der Waals surface area contributed by atoms with Crippen molar-refractivity contribution in [2.75, 3.05) is 31.6 Å². The van der Waals surface area contributed by atoms with Crippen molar-refractivity contribution in [2.45, 2.75) is 6.54 Å². The molecule has 1 fully saturated rings. The van der Waals surface area contributed by atoms with E-state index in [2.05, 4.69) is 15.2 Å². The van der Waals surface area contributed by atoms with Crippen molar-refractivity contribution < 1.29 is 9.53 Å². The summed E-state index contributed by atoms with van der Waals surface area (Å²) in [5, 5.41) is 2.83. The molecule has 1 aromatic heterocycles. The average molecular weight is 297 g/mol. The molecular formula is C17H19N3O2. The van der Waals surface area contributed by atoms with E-state index in [-0.39, 0.29) is 5.91 Å². The molecule has 1 aliphatic heterocycles. The zero-order chi connectivity index (χ0) is 15.2. The van der Waals surface area contributed by atoms with Gasteiger partial charge in [0.2, 0.25) is 0 Å². The molecule has 0 atom stereocenters. The van der Waals surface area contributed by atoms with Gasteiger partial charge in [0.1, 0.15) is 0 Å². The zero-order valence-corrected chi connectivity index (χ0v) is 12.4. The molecule has 5 nitrogen and oxygen atoms in total. The lowest BCUT2D eigenvalue weighted by atomic mass is 10.1. The molecule has 1 saturated heterocycles. The third-order valence-electron chi connectivity index (χ3n) is 3.65. The summed E-state index contributed by atoms with van der Waals surface area (Å²) in [6, 6.07) is 11.4. The summed E-state index contributed by atoms with van der Waals surface area (Å²) in [6.45, 7) is 4.41. The van der Waals surface area contributed by atoms with Crippen molar-refractivity contribution in [3.8, 4) is 0 Å². The first-order valence-electron chi connectivity index (χ1n) is 7.42. The van der Waals surface area contributed by atoms with E-state index in [9.17, 15) is 4.79 Å². The Kier molecular flexibility index (Phi) is 4.78. The number of carbonyl (C=O) groups is 1. The maximum absolute atomic E-state index is 12.1. The number of aromatic nitrogens is 1. The molecule has 0 unspecified atom stereocenters. The van der Waals surface area contributed by atoms with Crippen molar-refractivity contribution in [1.82, 2.24) is 9.88 Å². The van der Waals surface area contributed by atoms with Crippen LogP contribution in [0.4, 0.5) is 5.69 Å². The minimum atomic E-state index is -0.120. The van der Waals surface area contributed by atoms with Crippen molar-refractivity contribution >= 4 is 11.6 Å². The Morgan fingerprint density at radius 2 is 1.95 bits per heavy atom. The number of pyridine rings is 1. The van der Waals surface area contributed by atoms with E-state index in [4.69, 9.17) is 4.74 Å². The van der Waals surface area contributed by atoms with Crippen LogP contribution in [0.2, 0.25) is 0 Å². The first-order chi connectivity index (χ1) is 10.8. The number of benzene rings is 1. The molecule has 0 spiro atoms. The van der Waals surface area contributed by atoms with E-state index in [0.29, 0.717) is 11.3 Å². The number of nitrogens with zero attached hydrogens (tertiary/aromatic N) is 2. The Labute approximate surface area is 129 Å². The molecule has 0 aliphatic carbocycles. The summed E-state index contributed by atoms with van der Waals surface area (Å²) < 4.78 is 5.34. The van der Waals surface area contributed by atoms with Gasteiger partial charge in [0, 0.05) is 31.4 Å². The van der Waals surface area contributed by atoms with E-state index < -0.39 is 0 Å². The zero-order valence-electron chi connectivity index (χ0n) is 12.4. The number of hydrogen-bond acceptors (Lipinski definition) is 4. The summed E-state index contributed by atoms with van der Waals surface area (Å²) in [4.78, 5) is 18.5. The second-order valence-corrected chi connectivity index (χ2v) is 5.28. The molecule has 1 aliphatic rings. The molecule has 2 aromatic rings. The summed E-state index contributed by atoms with van der Waals surface area (Å²) in [7, 11) is 0. The van der Waals surface area contributed by atoms with Gasteiger partial charge in [-0.2, -0.15) is 0 Å². The Hall–Kier alpha value is -2.24. The Morgan fingerprint density at radius 1 is 1.18 bits per heavy atom. The van der Waals surface area contributed by atoms with Crippen LogP contribution in [-0.4, -0.2) is 42.1 Å². The largest absolute Gasteiger partial charge is 0.379 e. The van der Waals surface area contributed by atoms with E-state index in [0.717, 1.165) is 32.8 Å². The summed E-state index contributed by atoms with van der Waals surface area (Å²) in [6.07, 6.45) is 3.31. The van der Waals surface area contributed by atoms with E-state index >= 15 is 0 Å². The van der Waals surface area contributed by atoms with E-state index in [1.165, 1.54) is 5.56 Å². The Bertz CT molecular complexity index is 608. The lowest BCUT2D eigenvalue weighted by Crippen LogP contribution is -2.35. The van der Waals surface area contributed by atoms with Crippen LogP contribution in [0.1, 0.15) is 15.9 Å². The van der Waals surface area contributed by atoms with Crippen molar-refractivity contribution in [1.29, 1.82) is 0 Å². The third kappa shape index (κ3) is 3.90. The highest BCUT2D eigenvalue weighted by atomic mass is 16.5. The van der Waals surface area contributed by atoms with Crippen molar-refractivity contribution in [3.63, 3.8) is 0 Å². The Balaban J connectivity index is 1.59. The predicted octanol–water partition coefficient (Wildman–Crippen LogP) is 2.17. The van der Waals surface area contributed by atoms with Gasteiger partial charge in [-0.05, 0) is 29.8 Å². The first-order valence-corrected chi connectivity index (χ1v) is 7.42. The smallest absolute Gasteiger partial charge is 0.255 e. The fourth-order valence-electron chi connectivity index (χ4n) is 2.42. The number of carbonyl (C=O) groups excluding carboxylic acids is 1. The highest BCUT2D eigenvalue weighted by Gasteiger charge is 2.11. The topological polar surface area (TPSA) is 54.5 Å². The second-order valence-electron chi connectivity index (χ2n) is 5.28. The lowest BCUT2D eigenvalue weighted by molar-refractivity contribution is 0.0342. The maximum atomic E-state index is 12.1. The molecule has 0 saturated carbocycles. The van der Waals surface area contributed by atoms with Crippen molar-refractivity contribution in [3.05, 3.63) is 59.9 Å².